The molecule has 0 amide bonds. The monoisotopic (exact) mass is 206 g/mol. The molecule has 80 valence electrons. The van der Waals surface area contributed by atoms with Crippen LogP contribution < -0.4 is 5.69 Å². The third-order valence-electron chi connectivity index (χ3n) is 2.45. The van der Waals surface area contributed by atoms with Gasteiger partial charge in [-0.2, -0.15) is 5.10 Å². The van der Waals surface area contributed by atoms with Gasteiger partial charge in [0.15, 0.2) is 0 Å². The van der Waals surface area contributed by atoms with Crippen molar-refractivity contribution < 1.29 is 0 Å². The summed E-state index contributed by atoms with van der Waals surface area (Å²) in [7, 11) is 3.63. The second kappa shape index (κ2) is 3.42. The lowest BCUT2D eigenvalue weighted by atomic mass is 10.3. The minimum absolute atomic E-state index is 0.00569. The molecule has 0 N–H and O–H groups in total. The van der Waals surface area contributed by atoms with Crippen molar-refractivity contribution in [2.75, 3.05) is 0 Å². The Hall–Kier alpha value is -1.78. The van der Waals surface area contributed by atoms with E-state index in [-0.39, 0.29) is 5.69 Å². The Bertz CT molecular complexity index is 532. The molecule has 5 nitrogen and oxygen atoms in total. The van der Waals surface area contributed by atoms with E-state index in [1.807, 2.05) is 20.0 Å². The Morgan fingerprint density at radius 2 is 2.07 bits per heavy atom. The first kappa shape index (κ1) is 9.76. The molecule has 0 radical (unpaired) electrons. The molecule has 0 unspecified atom stereocenters. The van der Waals surface area contributed by atoms with Gasteiger partial charge in [-0.1, -0.05) is 0 Å². The Labute approximate surface area is 87.6 Å². The highest BCUT2D eigenvalue weighted by molar-refractivity contribution is 5.09. The van der Waals surface area contributed by atoms with E-state index in [0.29, 0.717) is 6.54 Å². The van der Waals surface area contributed by atoms with Crippen LogP contribution in [0.2, 0.25) is 0 Å². The summed E-state index contributed by atoms with van der Waals surface area (Å²) >= 11 is 0. The van der Waals surface area contributed by atoms with E-state index in [9.17, 15) is 4.79 Å². The number of rotatable bonds is 2. The zero-order chi connectivity index (χ0) is 11.0. The second-order valence-corrected chi connectivity index (χ2v) is 3.72. The van der Waals surface area contributed by atoms with Crippen molar-refractivity contribution in [2.24, 2.45) is 14.1 Å². The van der Waals surface area contributed by atoms with Crippen LogP contribution in [0.15, 0.2) is 23.3 Å². The summed E-state index contributed by atoms with van der Waals surface area (Å²) in [5.41, 5.74) is 1.99. The number of hydrogen-bond donors (Lipinski definition) is 0. The maximum Gasteiger partial charge on any atom is 0.328 e. The molecule has 0 aliphatic rings. The van der Waals surface area contributed by atoms with Crippen LogP contribution in [-0.2, 0) is 20.6 Å². The van der Waals surface area contributed by atoms with E-state index >= 15 is 0 Å². The van der Waals surface area contributed by atoms with Crippen LogP contribution in [0.3, 0.4) is 0 Å². The number of nitrogens with zero attached hydrogens (tertiary/aromatic N) is 4. The van der Waals surface area contributed by atoms with Crippen LogP contribution in [0, 0.1) is 6.92 Å². The fourth-order valence-corrected chi connectivity index (χ4v) is 1.62. The van der Waals surface area contributed by atoms with Crippen molar-refractivity contribution in [1.82, 2.24) is 18.9 Å². The van der Waals surface area contributed by atoms with Crippen molar-refractivity contribution in [3.63, 3.8) is 0 Å². The maximum atomic E-state index is 11.6. The van der Waals surface area contributed by atoms with Crippen LogP contribution >= 0.6 is 0 Å². The van der Waals surface area contributed by atoms with Gasteiger partial charge in [0, 0.05) is 26.5 Å². The molecule has 0 atom stereocenters. The topological polar surface area (TPSA) is 44.8 Å². The van der Waals surface area contributed by atoms with E-state index < -0.39 is 0 Å². The van der Waals surface area contributed by atoms with E-state index in [0.717, 1.165) is 11.4 Å². The van der Waals surface area contributed by atoms with Gasteiger partial charge in [0.1, 0.15) is 0 Å². The van der Waals surface area contributed by atoms with E-state index in [1.165, 1.54) is 0 Å². The van der Waals surface area contributed by atoms with Crippen molar-refractivity contribution in [2.45, 2.75) is 13.5 Å². The number of aryl methyl sites for hydroxylation is 3. The summed E-state index contributed by atoms with van der Waals surface area (Å²) in [5.74, 6) is 0. The predicted molar refractivity (Wildman–Crippen MR) is 56.7 cm³/mol. The van der Waals surface area contributed by atoms with Crippen LogP contribution in [0.5, 0.6) is 0 Å². The lowest BCUT2D eigenvalue weighted by Crippen LogP contribution is -2.23. The summed E-state index contributed by atoms with van der Waals surface area (Å²) < 4.78 is 5.02. The smallest absolute Gasteiger partial charge is 0.302 e. The van der Waals surface area contributed by atoms with E-state index in [4.69, 9.17) is 0 Å². The fourth-order valence-electron chi connectivity index (χ4n) is 1.62. The van der Waals surface area contributed by atoms with Crippen molar-refractivity contribution in [3.8, 4) is 0 Å². The Balaban J connectivity index is 2.33. The lowest BCUT2D eigenvalue weighted by Gasteiger charge is -2.01. The SMILES string of the molecule is Cc1cc(Cn2ccn(C)c2=O)n(C)n1. The van der Waals surface area contributed by atoms with Crippen LogP contribution in [0.1, 0.15) is 11.4 Å². The maximum absolute atomic E-state index is 11.6. The predicted octanol–water partition coefficient (Wildman–Crippen LogP) is 0.277. The number of imidazole rings is 1. The van der Waals surface area contributed by atoms with Gasteiger partial charge in [-0.3, -0.25) is 9.25 Å². The molecular weight excluding hydrogens is 192 g/mol. The highest BCUT2D eigenvalue weighted by atomic mass is 16.1. The van der Waals surface area contributed by atoms with Crippen molar-refractivity contribution in [3.05, 3.63) is 40.3 Å². The molecule has 2 aromatic rings. The third kappa shape index (κ3) is 1.72. The van der Waals surface area contributed by atoms with E-state index in [1.54, 1.807) is 33.3 Å². The third-order valence-corrected chi connectivity index (χ3v) is 2.45. The van der Waals surface area contributed by atoms with Crippen LogP contribution in [0.4, 0.5) is 0 Å². The van der Waals surface area contributed by atoms with Gasteiger partial charge < -0.3 is 4.57 Å². The van der Waals surface area contributed by atoms with Gasteiger partial charge in [-0.15, -0.1) is 0 Å². The lowest BCUT2D eigenvalue weighted by molar-refractivity contribution is 0.641. The van der Waals surface area contributed by atoms with Crippen LogP contribution in [-0.4, -0.2) is 18.9 Å². The van der Waals surface area contributed by atoms with Gasteiger partial charge in [-0.25, -0.2) is 4.79 Å². The quantitative estimate of drug-likeness (QED) is 0.708. The van der Waals surface area contributed by atoms with Crippen LogP contribution in [0.25, 0.3) is 0 Å². The second-order valence-electron chi connectivity index (χ2n) is 3.72. The molecule has 0 saturated carbocycles. The first-order valence-electron chi connectivity index (χ1n) is 4.79. The molecule has 2 heterocycles. The molecule has 0 fully saturated rings. The molecule has 0 aromatic carbocycles. The normalized spacial score (nSPS) is 10.9. The molecule has 0 bridgehead atoms. The van der Waals surface area contributed by atoms with Gasteiger partial charge in [0.25, 0.3) is 0 Å². The first-order valence-corrected chi connectivity index (χ1v) is 4.79. The summed E-state index contributed by atoms with van der Waals surface area (Å²) in [4.78, 5) is 11.6. The Kier molecular flexibility index (Phi) is 2.22. The fraction of sp³-hybridized carbons (Fsp3) is 0.400. The van der Waals surface area contributed by atoms with Crippen molar-refractivity contribution in [1.29, 1.82) is 0 Å². The largest absolute Gasteiger partial charge is 0.328 e. The van der Waals surface area contributed by atoms with Crippen molar-refractivity contribution >= 4 is 0 Å². The Morgan fingerprint density at radius 3 is 2.53 bits per heavy atom. The molecule has 2 aromatic heterocycles. The number of aromatic nitrogens is 4. The molecular formula is C10H14N4O. The minimum atomic E-state index is -0.00569. The molecule has 0 saturated heterocycles. The summed E-state index contributed by atoms with van der Waals surface area (Å²) in [6, 6.07) is 1.99. The molecule has 0 spiro atoms. The molecule has 2 rings (SSSR count). The highest BCUT2D eigenvalue weighted by Gasteiger charge is 2.05. The summed E-state index contributed by atoms with van der Waals surface area (Å²) in [5, 5.41) is 4.24. The van der Waals surface area contributed by atoms with Gasteiger partial charge in [0.2, 0.25) is 0 Å². The molecule has 15 heavy (non-hydrogen) atoms. The van der Waals surface area contributed by atoms with Gasteiger partial charge >= 0.3 is 5.69 Å². The highest BCUT2D eigenvalue weighted by Crippen LogP contribution is 2.02. The zero-order valence-electron chi connectivity index (χ0n) is 9.14. The average Bonchev–Trinajstić information content (AvgIpc) is 2.64. The standard InChI is InChI=1S/C10H14N4O/c1-8-6-9(13(3)11-8)7-14-5-4-12(2)10(14)15/h4-6H,7H2,1-3H3. The first-order chi connectivity index (χ1) is 7.08. The van der Waals surface area contributed by atoms with Gasteiger partial charge in [0.05, 0.1) is 17.9 Å². The molecule has 0 aliphatic heterocycles. The molecule has 5 heteroatoms. The van der Waals surface area contributed by atoms with E-state index in [2.05, 4.69) is 5.10 Å². The average molecular weight is 206 g/mol. The molecule has 0 aliphatic carbocycles. The number of hydrogen-bond acceptors (Lipinski definition) is 2. The minimum Gasteiger partial charge on any atom is -0.302 e. The van der Waals surface area contributed by atoms with Gasteiger partial charge in [-0.05, 0) is 13.0 Å². The summed E-state index contributed by atoms with van der Waals surface area (Å²) in [6.45, 7) is 2.51. The Morgan fingerprint density at radius 1 is 1.33 bits per heavy atom. The summed E-state index contributed by atoms with van der Waals surface area (Å²) in [6.07, 6.45) is 3.54. The zero-order valence-corrected chi connectivity index (χ0v) is 9.14.